The molecule has 7 heteroatoms. The molecule has 0 spiro atoms. The highest BCUT2D eigenvalue weighted by Crippen LogP contribution is 2.25. The summed E-state index contributed by atoms with van der Waals surface area (Å²) in [5.74, 6) is 0. The van der Waals surface area contributed by atoms with Crippen LogP contribution in [0.25, 0.3) is 0 Å². The Bertz CT molecular complexity index is 577. The third-order valence-corrected chi connectivity index (χ3v) is 5.67. The summed E-state index contributed by atoms with van der Waals surface area (Å²) in [4.78, 5) is 0.233. The van der Waals surface area contributed by atoms with Crippen LogP contribution >= 0.6 is 11.6 Å². The SMILES string of the molecule is CNCc1ccc(S(=O)(=O)N2CCOCC2C)cc1Cl. The van der Waals surface area contributed by atoms with E-state index in [1.807, 2.05) is 14.0 Å². The van der Waals surface area contributed by atoms with E-state index in [1.54, 1.807) is 12.1 Å². The van der Waals surface area contributed by atoms with Gasteiger partial charge >= 0.3 is 0 Å². The lowest BCUT2D eigenvalue weighted by Gasteiger charge is -2.32. The van der Waals surface area contributed by atoms with Gasteiger partial charge in [-0.05, 0) is 31.7 Å². The number of halogens is 1. The molecule has 1 heterocycles. The normalized spacial score (nSPS) is 21.1. The zero-order valence-electron chi connectivity index (χ0n) is 11.6. The molecule has 0 radical (unpaired) electrons. The summed E-state index contributed by atoms with van der Waals surface area (Å²) in [6.07, 6.45) is 0. The minimum Gasteiger partial charge on any atom is -0.378 e. The molecule has 1 aliphatic heterocycles. The van der Waals surface area contributed by atoms with Gasteiger partial charge in [0.05, 0.1) is 18.1 Å². The van der Waals surface area contributed by atoms with Gasteiger partial charge in [0.15, 0.2) is 0 Å². The average Bonchev–Trinajstić information content (AvgIpc) is 2.41. The van der Waals surface area contributed by atoms with E-state index in [-0.39, 0.29) is 10.9 Å². The highest BCUT2D eigenvalue weighted by molar-refractivity contribution is 7.89. The highest BCUT2D eigenvalue weighted by atomic mass is 35.5. The van der Waals surface area contributed by atoms with Crippen LogP contribution in [0.1, 0.15) is 12.5 Å². The maximum Gasteiger partial charge on any atom is 0.243 e. The van der Waals surface area contributed by atoms with Crippen LogP contribution in [0.5, 0.6) is 0 Å². The van der Waals surface area contributed by atoms with Gasteiger partial charge in [-0.15, -0.1) is 0 Å². The number of hydrogen-bond donors (Lipinski definition) is 1. The molecule has 1 aromatic rings. The first-order valence-electron chi connectivity index (χ1n) is 6.49. The number of rotatable bonds is 4. The molecule has 20 heavy (non-hydrogen) atoms. The van der Waals surface area contributed by atoms with E-state index in [2.05, 4.69) is 5.32 Å². The fourth-order valence-corrected chi connectivity index (χ4v) is 4.17. The lowest BCUT2D eigenvalue weighted by Crippen LogP contribution is -2.46. The van der Waals surface area contributed by atoms with Crippen LogP contribution < -0.4 is 5.32 Å². The molecule has 1 aliphatic rings. The number of nitrogens with zero attached hydrogens (tertiary/aromatic N) is 1. The third-order valence-electron chi connectivity index (χ3n) is 3.31. The molecule has 1 saturated heterocycles. The molecule has 1 N–H and O–H groups in total. The number of hydrogen-bond acceptors (Lipinski definition) is 4. The van der Waals surface area contributed by atoms with Crippen molar-refractivity contribution in [2.75, 3.05) is 26.8 Å². The number of morpholine rings is 1. The summed E-state index contributed by atoms with van der Waals surface area (Å²) < 4.78 is 32.0. The number of sulfonamides is 1. The van der Waals surface area contributed by atoms with E-state index >= 15 is 0 Å². The number of ether oxygens (including phenoxy) is 1. The Balaban J connectivity index is 2.31. The summed E-state index contributed by atoms with van der Waals surface area (Å²) in [7, 11) is -1.70. The second-order valence-electron chi connectivity index (χ2n) is 4.82. The smallest absolute Gasteiger partial charge is 0.243 e. The largest absolute Gasteiger partial charge is 0.378 e. The van der Waals surface area contributed by atoms with Crippen LogP contribution in [0, 0.1) is 0 Å². The fraction of sp³-hybridized carbons (Fsp3) is 0.538. The van der Waals surface area contributed by atoms with Crippen LogP contribution in [-0.4, -0.2) is 45.6 Å². The van der Waals surface area contributed by atoms with Crippen molar-refractivity contribution in [2.24, 2.45) is 0 Å². The molecule has 0 aromatic heterocycles. The van der Waals surface area contributed by atoms with Gasteiger partial charge in [0.1, 0.15) is 0 Å². The Morgan fingerprint density at radius 3 is 2.85 bits per heavy atom. The van der Waals surface area contributed by atoms with E-state index in [1.165, 1.54) is 10.4 Å². The first-order valence-corrected chi connectivity index (χ1v) is 8.31. The van der Waals surface area contributed by atoms with Crippen molar-refractivity contribution in [3.63, 3.8) is 0 Å². The predicted molar refractivity (Wildman–Crippen MR) is 78.4 cm³/mol. The zero-order chi connectivity index (χ0) is 14.8. The van der Waals surface area contributed by atoms with Crippen molar-refractivity contribution < 1.29 is 13.2 Å². The van der Waals surface area contributed by atoms with Crippen molar-refractivity contribution in [1.82, 2.24) is 9.62 Å². The van der Waals surface area contributed by atoms with Crippen molar-refractivity contribution >= 4 is 21.6 Å². The van der Waals surface area contributed by atoms with Gasteiger partial charge in [0.25, 0.3) is 0 Å². The van der Waals surface area contributed by atoms with Crippen LogP contribution in [0.15, 0.2) is 23.1 Å². The third kappa shape index (κ3) is 3.15. The van der Waals surface area contributed by atoms with Gasteiger partial charge in [-0.1, -0.05) is 17.7 Å². The molecule has 1 aromatic carbocycles. The van der Waals surface area contributed by atoms with Gasteiger partial charge < -0.3 is 10.1 Å². The van der Waals surface area contributed by atoms with E-state index in [4.69, 9.17) is 16.3 Å². The first kappa shape index (κ1) is 15.7. The maximum atomic E-state index is 12.6. The minimum atomic E-state index is -3.52. The molecule has 1 fully saturated rings. The van der Waals surface area contributed by atoms with E-state index < -0.39 is 10.0 Å². The molecular formula is C13H19ClN2O3S. The second-order valence-corrected chi connectivity index (χ2v) is 7.12. The summed E-state index contributed by atoms with van der Waals surface area (Å²) in [5.41, 5.74) is 0.878. The van der Waals surface area contributed by atoms with Crippen LogP contribution in [0.4, 0.5) is 0 Å². The van der Waals surface area contributed by atoms with Crippen molar-refractivity contribution in [3.05, 3.63) is 28.8 Å². The van der Waals surface area contributed by atoms with E-state index in [0.29, 0.717) is 31.3 Å². The zero-order valence-corrected chi connectivity index (χ0v) is 13.2. The lowest BCUT2D eigenvalue weighted by atomic mass is 10.2. The second kappa shape index (κ2) is 6.41. The summed E-state index contributed by atoms with van der Waals surface area (Å²) in [6.45, 7) is 3.67. The van der Waals surface area contributed by atoms with E-state index in [0.717, 1.165) is 5.56 Å². The van der Waals surface area contributed by atoms with Crippen LogP contribution in [0.3, 0.4) is 0 Å². The quantitative estimate of drug-likeness (QED) is 0.913. The predicted octanol–water partition coefficient (Wildman–Crippen LogP) is 1.47. The molecule has 0 bridgehead atoms. The topological polar surface area (TPSA) is 58.6 Å². The Hall–Kier alpha value is -0.660. The fourth-order valence-electron chi connectivity index (χ4n) is 2.23. The average molecular weight is 319 g/mol. The molecule has 1 atom stereocenters. The lowest BCUT2D eigenvalue weighted by molar-refractivity contribution is 0.0393. The molecule has 2 rings (SSSR count). The minimum absolute atomic E-state index is 0.162. The Morgan fingerprint density at radius 1 is 1.50 bits per heavy atom. The first-order chi connectivity index (χ1) is 9.46. The van der Waals surface area contributed by atoms with E-state index in [9.17, 15) is 8.42 Å². The molecule has 0 amide bonds. The Morgan fingerprint density at radius 2 is 2.25 bits per heavy atom. The van der Waals surface area contributed by atoms with Crippen LogP contribution in [-0.2, 0) is 21.3 Å². The molecule has 112 valence electrons. The summed E-state index contributed by atoms with van der Waals surface area (Å²) >= 11 is 6.14. The van der Waals surface area contributed by atoms with Gasteiger partial charge in [0.2, 0.25) is 10.0 Å². The highest BCUT2D eigenvalue weighted by Gasteiger charge is 2.31. The molecule has 1 unspecified atom stereocenters. The molecule has 5 nitrogen and oxygen atoms in total. The monoisotopic (exact) mass is 318 g/mol. The number of nitrogens with one attached hydrogen (secondary N) is 1. The van der Waals surface area contributed by atoms with Crippen molar-refractivity contribution in [1.29, 1.82) is 0 Å². The van der Waals surface area contributed by atoms with Gasteiger partial charge in [0, 0.05) is 24.2 Å². The summed E-state index contributed by atoms with van der Waals surface area (Å²) in [5, 5.41) is 3.45. The molecule has 0 aliphatic carbocycles. The van der Waals surface area contributed by atoms with Crippen molar-refractivity contribution in [2.45, 2.75) is 24.4 Å². The van der Waals surface area contributed by atoms with Gasteiger partial charge in [-0.3, -0.25) is 0 Å². The molecular weight excluding hydrogens is 300 g/mol. The Kier molecular flexibility index (Phi) is 5.04. The summed E-state index contributed by atoms with van der Waals surface area (Å²) in [6, 6.07) is 4.71. The standard InChI is InChI=1S/C13H19ClN2O3S/c1-10-9-19-6-5-16(10)20(17,18)12-4-3-11(8-15-2)13(14)7-12/h3-4,7,10,15H,5-6,8-9H2,1-2H3. The Labute approximate surface area is 124 Å². The van der Waals surface area contributed by atoms with Gasteiger partial charge in [-0.25, -0.2) is 8.42 Å². The maximum absolute atomic E-state index is 12.6. The van der Waals surface area contributed by atoms with Crippen molar-refractivity contribution in [3.8, 4) is 0 Å². The van der Waals surface area contributed by atoms with Crippen LogP contribution in [0.2, 0.25) is 5.02 Å². The number of benzene rings is 1. The van der Waals surface area contributed by atoms with Gasteiger partial charge in [-0.2, -0.15) is 4.31 Å². The molecule has 0 saturated carbocycles.